The Morgan fingerprint density at radius 2 is 1.78 bits per heavy atom. The molecule has 0 saturated carbocycles. The molecule has 2 aromatic rings. The Kier molecular flexibility index (Phi) is 4.29. The molecule has 0 radical (unpaired) electrons. The predicted molar refractivity (Wildman–Crippen MR) is 79.7 cm³/mol. The van der Waals surface area contributed by atoms with Crippen molar-refractivity contribution in [2.75, 3.05) is 26.2 Å². The highest BCUT2D eigenvalue weighted by atomic mass is 35.5. The van der Waals surface area contributed by atoms with E-state index in [1.807, 2.05) is 0 Å². The summed E-state index contributed by atoms with van der Waals surface area (Å²) in [5.41, 5.74) is -0.115. The lowest BCUT2D eigenvalue weighted by atomic mass is 10.2. The monoisotopic (exact) mass is 337 g/mol. The van der Waals surface area contributed by atoms with E-state index in [4.69, 9.17) is 16.0 Å². The minimum atomic E-state index is -0.826. The molecule has 0 N–H and O–H groups in total. The molecule has 1 aliphatic rings. The van der Waals surface area contributed by atoms with Crippen molar-refractivity contribution < 1.29 is 18.4 Å². The summed E-state index contributed by atoms with van der Waals surface area (Å²) in [5.74, 6) is -1.25. The van der Waals surface area contributed by atoms with Gasteiger partial charge in [-0.25, -0.2) is 9.37 Å². The molecule has 1 aliphatic heterocycles. The highest BCUT2D eigenvalue weighted by Crippen LogP contribution is 2.18. The first-order valence-electron chi connectivity index (χ1n) is 7.00. The van der Waals surface area contributed by atoms with Crippen molar-refractivity contribution in [2.45, 2.75) is 0 Å². The number of carbonyl (C=O) groups excluding carboxylic acids is 2. The maximum Gasteiger partial charge on any atom is 0.289 e. The molecule has 0 unspecified atom stereocenters. The Morgan fingerprint density at radius 1 is 1.13 bits per heavy atom. The van der Waals surface area contributed by atoms with E-state index in [1.165, 1.54) is 23.4 Å². The maximum atomic E-state index is 13.9. The summed E-state index contributed by atoms with van der Waals surface area (Å²) >= 11 is 5.60. The van der Waals surface area contributed by atoms with E-state index < -0.39 is 11.7 Å². The minimum Gasteiger partial charge on any atom is -0.459 e. The first kappa shape index (κ1) is 15.5. The lowest BCUT2D eigenvalue weighted by Crippen LogP contribution is -2.50. The lowest BCUT2D eigenvalue weighted by Gasteiger charge is -2.34. The maximum absolute atomic E-state index is 13.9. The number of amides is 2. The normalized spacial score (nSPS) is 14.9. The van der Waals surface area contributed by atoms with Crippen molar-refractivity contribution in [1.82, 2.24) is 14.8 Å². The first-order valence-corrected chi connectivity index (χ1v) is 7.38. The Morgan fingerprint density at radius 3 is 2.39 bits per heavy atom. The van der Waals surface area contributed by atoms with Gasteiger partial charge in [0.05, 0.1) is 11.8 Å². The summed E-state index contributed by atoms with van der Waals surface area (Å²) in [5, 5.41) is -0.331. The third-order valence-electron chi connectivity index (χ3n) is 3.66. The van der Waals surface area contributed by atoms with Crippen molar-refractivity contribution in [1.29, 1.82) is 0 Å². The molecule has 3 rings (SSSR count). The van der Waals surface area contributed by atoms with E-state index in [-0.39, 0.29) is 22.4 Å². The highest BCUT2D eigenvalue weighted by Gasteiger charge is 2.28. The van der Waals surface area contributed by atoms with Gasteiger partial charge in [-0.05, 0) is 18.2 Å². The average molecular weight is 338 g/mol. The number of carbonyl (C=O) groups is 2. The van der Waals surface area contributed by atoms with Gasteiger partial charge >= 0.3 is 0 Å². The predicted octanol–water partition coefficient (Wildman–Crippen LogP) is 2.07. The van der Waals surface area contributed by atoms with Crippen LogP contribution in [0.2, 0.25) is 5.15 Å². The van der Waals surface area contributed by atoms with Crippen molar-refractivity contribution in [3.05, 3.63) is 53.0 Å². The van der Waals surface area contributed by atoms with Gasteiger partial charge in [-0.3, -0.25) is 9.59 Å². The Balaban J connectivity index is 1.66. The van der Waals surface area contributed by atoms with Crippen molar-refractivity contribution in [2.24, 2.45) is 0 Å². The minimum absolute atomic E-state index is 0.115. The van der Waals surface area contributed by atoms with E-state index in [1.54, 1.807) is 17.0 Å². The fourth-order valence-corrected chi connectivity index (χ4v) is 2.58. The molecule has 23 heavy (non-hydrogen) atoms. The fraction of sp³-hybridized carbons (Fsp3) is 0.267. The number of furan rings is 1. The molecule has 6 nitrogen and oxygen atoms in total. The van der Waals surface area contributed by atoms with Crippen LogP contribution in [-0.2, 0) is 0 Å². The van der Waals surface area contributed by atoms with Crippen LogP contribution in [0.1, 0.15) is 20.9 Å². The van der Waals surface area contributed by atoms with Gasteiger partial charge in [0, 0.05) is 32.4 Å². The van der Waals surface area contributed by atoms with Gasteiger partial charge < -0.3 is 14.2 Å². The van der Waals surface area contributed by atoms with Gasteiger partial charge in [0.1, 0.15) is 0 Å². The van der Waals surface area contributed by atoms with Crippen LogP contribution in [0, 0.1) is 5.82 Å². The van der Waals surface area contributed by atoms with Gasteiger partial charge in [0.15, 0.2) is 16.7 Å². The number of hydrogen-bond donors (Lipinski definition) is 0. The zero-order valence-corrected chi connectivity index (χ0v) is 12.8. The molecule has 0 atom stereocenters. The Bertz CT molecular complexity index is 728. The van der Waals surface area contributed by atoms with Gasteiger partial charge in [-0.1, -0.05) is 11.6 Å². The molecule has 0 spiro atoms. The zero-order chi connectivity index (χ0) is 16.4. The molecule has 0 aliphatic carbocycles. The quantitative estimate of drug-likeness (QED) is 0.787. The van der Waals surface area contributed by atoms with E-state index in [9.17, 15) is 14.0 Å². The van der Waals surface area contributed by atoms with Crippen LogP contribution >= 0.6 is 11.6 Å². The van der Waals surface area contributed by atoms with Crippen LogP contribution in [-0.4, -0.2) is 52.8 Å². The Labute approximate surface area is 136 Å². The highest BCUT2D eigenvalue weighted by molar-refractivity contribution is 6.29. The molecule has 0 aromatic carbocycles. The second kappa shape index (κ2) is 6.37. The van der Waals surface area contributed by atoms with E-state index >= 15 is 0 Å². The van der Waals surface area contributed by atoms with Crippen LogP contribution < -0.4 is 0 Å². The second-order valence-electron chi connectivity index (χ2n) is 5.03. The summed E-state index contributed by atoms with van der Waals surface area (Å²) in [6.45, 7) is 1.33. The summed E-state index contributed by atoms with van der Waals surface area (Å²) in [6, 6.07) is 4.53. The summed E-state index contributed by atoms with van der Waals surface area (Å²) in [7, 11) is 0. The standard InChI is InChI=1S/C15H13ClFN3O3/c16-13-12(17)10(3-4-18-13)14(21)19-5-7-20(8-6-19)15(22)11-2-1-9-23-11/h1-4,9H,5-8H2. The van der Waals surface area contributed by atoms with Crippen LogP contribution in [0.5, 0.6) is 0 Å². The zero-order valence-electron chi connectivity index (χ0n) is 12.0. The molecule has 1 fully saturated rings. The first-order chi connectivity index (χ1) is 11.1. The number of halogens is 2. The second-order valence-corrected chi connectivity index (χ2v) is 5.38. The molecular weight excluding hydrogens is 325 g/mol. The summed E-state index contributed by atoms with van der Waals surface area (Å²) in [6.07, 6.45) is 2.72. The van der Waals surface area contributed by atoms with E-state index in [0.29, 0.717) is 26.2 Å². The Hall–Kier alpha value is -2.41. The summed E-state index contributed by atoms with van der Waals surface area (Å²) in [4.78, 5) is 31.2. The fourth-order valence-electron chi connectivity index (χ4n) is 2.42. The molecule has 8 heteroatoms. The third-order valence-corrected chi connectivity index (χ3v) is 3.93. The lowest BCUT2D eigenvalue weighted by molar-refractivity contribution is 0.0515. The van der Waals surface area contributed by atoms with Crippen molar-refractivity contribution >= 4 is 23.4 Å². The van der Waals surface area contributed by atoms with Crippen molar-refractivity contribution in [3.8, 4) is 0 Å². The van der Waals surface area contributed by atoms with Gasteiger partial charge in [0.25, 0.3) is 11.8 Å². The molecule has 120 valence electrons. The topological polar surface area (TPSA) is 66.7 Å². The van der Waals surface area contributed by atoms with Crippen molar-refractivity contribution in [3.63, 3.8) is 0 Å². The molecule has 0 bridgehead atoms. The van der Waals surface area contributed by atoms with Crippen LogP contribution in [0.25, 0.3) is 0 Å². The molecular formula is C15H13ClFN3O3. The van der Waals surface area contributed by atoms with Crippen LogP contribution in [0.3, 0.4) is 0 Å². The number of rotatable bonds is 2. The van der Waals surface area contributed by atoms with Gasteiger partial charge in [-0.15, -0.1) is 0 Å². The number of piperazine rings is 1. The molecule has 2 aromatic heterocycles. The molecule has 2 amide bonds. The molecule has 1 saturated heterocycles. The summed E-state index contributed by atoms with van der Waals surface area (Å²) < 4.78 is 19.0. The SMILES string of the molecule is O=C(c1ccco1)N1CCN(C(=O)c2ccnc(Cl)c2F)CC1. The smallest absolute Gasteiger partial charge is 0.289 e. The van der Waals surface area contributed by atoms with Crippen LogP contribution in [0.15, 0.2) is 35.1 Å². The van der Waals surface area contributed by atoms with E-state index in [2.05, 4.69) is 4.98 Å². The van der Waals surface area contributed by atoms with Crippen LogP contribution in [0.4, 0.5) is 4.39 Å². The number of nitrogens with zero attached hydrogens (tertiary/aromatic N) is 3. The van der Waals surface area contributed by atoms with E-state index in [0.717, 1.165) is 0 Å². The largest absolute Gasteiger partial charge is 0.459 e. The third kappa shape index (κ3) is 3.05. The number of pyridine rings is 1. The molecule has 3 heterocycles. The number of aromatic nitrogens is 1. The number of hydrogen-bond acceptors (Lipinski definition) is 4. The van der Waals surface area contributed by atoms with Gasteiger partial charge in [-0.2, -0.15) is 0 Å². The van der Waals surface area contributed by atoms with Gasteiger partial charge in [0.2, 0.25) is 0 Å². The average Bonchev–Trinajstić information content (AvgIpc) is 3.11.